The maximum atomic E-state index is 13.3. The van der Waals surface area contributed by atoms with E-state index in [1.165, 1.54) is 48.5 Å². The van der Waals surface area contributed by atoms with Gasteiger partial charge in [-0.05, 0) is 61.8 Å². The highest BCUT2D eigenvalue weighted by Gasteiger charge is 2.32. The third kappa shape index (κ3) is 6.20. The molecule has 0 saturated carbocycles. The molecular formula is C25H23ClO6S2. The fourth-order valence-electron chi connectivity index (χ4n) is 3.41. The number of hydrogen-bond acceptors (Lipinski definition) is 6. The number of rotatable bonds is 9. The second-order valence-electron chi connectivity index (χ2n) is 8.10. The van der Waals surface area contributed by atoms with Crippen LogP contribution in [0.25, 0.3) is 0 Å². The fourth-order valence-corrected chi connectivity index (χ4v) is 6.77. The van der Waals surface area contributed by atoms with Gasteiger partial charge in [0, 0.05) is 11.1 Å². The normalized spacial score (nSPS) is 12.0. The average Bonchev–Trinajstić information content (AvgIpc) is 2.78. The minimum absolute atomic E-state index is 0.00622. The lowest BCUT2D eigenvalue weighted by molar-refractivity contribution is 0.0941. The van der Waals surface area contributed by atoms with Crippen LogP contribution in [0.2, 0.25) is 0 Å². The Labute approximate surface area is 204 Å². The first-order valence-electron chi connectivity index (χ1n) is 10.3. The van der Waals surface area contributed by atoms with E-state index < -0.39 is 48.1 Å². The summed E-state index contributed by atoms with van der Waals surface area (Å²) >= 11 is 5.45. The lowest BCUT2D eigenvalue weighted by Crippen LogP contribution is -2.31. The largest absolute Gasteiger partial charge is 0.294 e. The molecule has 0 aliphatic carbocycles. The van der Waals surface area contributed by atoms with Gasteiger partial charge in [0.2, 0.25) is 0 Å². The van der Waals surface area contributed by atoms with E-state index in [1.807, 2.05) is 13.8 Å². The van der Waals surface area contributed by atoms with Crippen LogP contribution in [0.5, 0.6) is 0 Å². The first-order chi connectivity index (χ1) is 15.9. The highest BCUT2D eigenvalue weighted by molar-refractivity contribution is 7.92. The maximum Gasteiger partial charge on any atom is 0.252 e. The standard InChI is InChI=1S/C25H23ClO6S2/c1-17-3-11-22(12-4-17)33(29,30)15-21(16-34(31,32)23-13-5-18(2)6-14-23)24(27)19-7-9-20(10-8-19)25(26)28/h3-14,21H,15-16H2,1-2H3. The summed E-state index contributed by atoms with van der Waals surface area (Å²) in [4.78, 5) is 24.6. The van der Waals surface area contributed by atoms with Crippen molar-refractivity contribution in [2.45, 2.75) is 23.6 Å². The minimum atomic E-state index is -3.97. The van der Waals surface area contributed by atoms with E-state index in [9.17, 15) is 26.4 Å². The van der Waals surface area contributed by atoms with Gasteiger partial charge in [-0.25, -0.2) is 16.8 Å². The number of hydrogen-bond donors (Lipinski definition) is 0. The van der Waals surface area contributed by atoms with Crippen LogP contribution in [0.1, 0.15) is 31.8 Å². The van der Waals surface area contributed by atoms with Crippen molar-refractivity contribution >= 4 is 42.3 Å². The number of sulfone groups is 2. The van der Waals surface area contributed by atoms with E-state index in [1.54, 1.807) is 24.3 Å². The summed E-state index contributed by atoms with van der Waals surface area (Å²) in [6.07, 6.45) is 0. The number of benzene rings is 3. The molecule has 3 aromatic carbocycles. The van der Waals surface area contributed by atoms with Gasteiger partial charge < -0.3 is 0 Å². The van der Waals surface area contributed by atoms with Crippen LogP contribution in [0.15, 0.2) is 82.6 Å². The Morgan fingerprint density at radius 3 is 1.35 bits per heavy atom. The summed E-state index contributed by atoms with van der Waals surface area (Å²) in [5.74, 6) is -3.39. The van der Waals surface area contributed by atoms with E-state index in [2.05, 4.69) is 0 Å². The average molecular weight is 519 g/mol. The molecule has 0 amide bonds. The predicted molar refractivity (Wildman–Crippen MR) is 131 cm³/mol. The van der Waals surface area contributed by atoms with E-state index in [0.717, 1.165) is 11.1 Å². The number of ketones is 1. The van der Waals surface area contributed by atoms with Crippen molar-refractivity contribution in [1.82, 2.24) is 0 Å². The summed E-state index contributed by atoms with van der Waals surface area (Å²) in [6.45, 7) is 3.62. The summed E-state index contributed by atoms with van der Waals surface area (Å²) in [7, 11) is -7.95. The van der Waals surface area contributed by atoms with E-state index in [-0.39, 0.29) is 20.9 Å². The number of carbonyl (C=O) groups is 2. The molecule has 0 aromatic heterocycles. The third-order valence-corrected chi connectivity index (χ3v) is 9.25. The number of Topliss-reactive ketones (excluding diaryl/α,β-unsaturated/α-hetero) is 1. The molecule has 178 valence electrons. The zero-order valence-electron chi connectivity index (χ0n) is 18.6. The van der Waals surface area contributed by atoms with Gasteiger partial charge in [-0.15, -0.1) is 0 Å². The Balaban J connectivity index is 1.99. The molecule has 0 fully saturated rings. The molecule has 0 aliphatic heterocycles. The van der Waals surface area contributed by atoms with Gasteiger partial charge in [0.25, 0.3) is 5.24 Å². The van der Waals surface area contributed by atoms with Crippen molar-refractivity contribution in [2.75, 3.05) is 11.5 Å². The highest BCUT2D eigenvalue weighted by atomic mass is 35.5. The smallest absolute Gasteiger partial charge is 0.252 e. The number of carbonyl (C=O) groups excluding carboxylic acids is 2. The second kappa shape index (κ2) is 10.2. The van der Waals surface area contributed by atoms with Crippen LogP contribution in [-0.2, 0) is 19.7 Å². The molecule has 3 aromatic rings. The lowest BCUT2D eigenvalue weighted by atomic mass is 10.00. The summed E-state index contributed by atoms with van der Waals surface area (Å²) in [5.41, 5.74) is 1.98. The molecule has 0 atom stereocenters. The molecule has 0 aliphatic rings. The van der Waals surface area contributed by atoms with Crippen molar-refractivity contribution in [3.8, 4) is 0 Å². The van der Waals surface area contributed by atoms with Crippen molar-refractivity contribution in [2.24, 2.45) is 5.92 Å². The van der Waals surface area contributed by atoms with Crippen LogP contribution in [0.3, 0.4) is 0 Å². The fraction of sp³-hybridized carbons (Fsp3) is 0.200. The van der Waals surface area contributed by atoms with Crippen LogP contribution < -0.4 is 0 Å². The van der Waals surface area contributed by atoms with Gasteiger partial charge in [0.1, 0.15) is 0 Å². The highest BCUT2D eigenvalue weighted by Crippen LogP contribution is 2.23. The zero-order chi connectivity index (χ0) is 25.1. The van der Waals surface area contributed by atoms with E-state index in [0.29, 0.717) is 0 Å². The molecule has 3 rings (SSSR count). The Bertz CT molecular complexity index is 1330. The lowest BCUT2D eigenvalue weighted by Gasteiger charge is -2.17. The van der Waals surface area contributed by atoms with Crippen molar-refractivity contribution < 1.29 is 26.4 Å². The molecule has 0 unspecified atom stereocenters. The van der Waals surface area contributed by atoms with Gasteiger partial charge >= 0.3 is 0 Å². The summed E-state index contributed by atoms with van der Waals surface area (Å²) < 4.78 is 52.4. The number of aryl methyl sites for hydroxylation is 2. The quantitative estimate of drug-likeness (QED) is 0.307. The van der Waals surface area contributed by atoms with Crippen molar-refractivity contribution in [3.05, 3.63) is 95.1 Å². The number of halogens is 1. The molecule has 0 bridgehead atoms. The van der Waals surface area contributed by atoms with Crippen molar-refractivity contribution in [3.63, 3.8) is 0 Å². The van der Waals surface area contributed by atoms with Gasteiger partial charge in [0.05, 0.1) is 27.2 Å². The topological polar surface area (TPSA) is 102 Å². The molecule has 6 nitrogen and oxygen atoms in total. The van der Waals surface area contributed by atoms with E-state index in [4.69, 9.17) is 11.6 Å². The van der Waals surface area contributed by atoms with E-state index >= 15 is 0 Å². The van der Waals surface area contributed by atoms with Crippen LogP contribution in [0, 0.1) is 19.8 Å². The maximum absolute atomic E-state index is 13.3. The molecular weight excluding hydrogens is 496 g/mol. The predicted octanol–water partition coefficient (Wildman–Crippen LogP) is 4.43. The van der Waals surface area contributed by atoms with Gasteiger partial charge in [0.15, 0.2) is 25.5 Å². The minimum Gasteiger partial charge on any atom is -0.294 e. The Morgan fingerprint density at radius 2 is 1.00 bits per heavy atom. The Hall–Kier alpha value is -2.81. The van der Waals surface area contributed by atoms with Crippen molar-refractivity contribution in [1.29, 1.82) is 0 Å². The van der Waals surface area contributed by atoms with Gasteiger partial charge in [-0.1, -0.05) is 47.5 Å². The molecule has 9 heteroatoms. The molecule has 0 heterocycles. The molecule has 0 saturated heterocycles. The molecule has 34 heavy (non-hydrogen) atoms. The summed E-state index contributed by atoms with van der Waals surface area (Å²) in [5, 5.41) is -0.709. The van der Waals surface area contributed by atoms with Crippen LogP contribution in [0.4, 0.5) is 0 Å². The molecule has 0 spiro atoms. The monoisotopic (exact) mass is 518 g/mol. The first kappa shape index (κ1) is 25.8. The molecule has 0 N–H and O–H groups in total. The van der Waals surface area contributed by atoms with Gasteiger partial charge in [-0.3, -0.25) is 9.59 Å². The van der Waals surface area contributed by atoms with Crippen LogP contribution in [-0.4, -0.2) is 39.4 Å². The second-order valence-corrected chi connectivity index (χ2v) is 12.5. The Kier molecular flexibility index (Phi) is 7.75. The van der Waals surface area contributed by atoms with Crippen LogP contribution >= 0.6 is 11.6 Å². The first-order valence-corrected chi connectivity index (χ1v) is 14.0. The zero-order valence-corrected chi connectivity index (χ0v) is 21.0. The summed E-state index contributed by atoms with van der Waals surface area (Å²) in [6, 6.07) is 17.6. The molecule has 0 radical (unpaired) electrons. The van der Waals surface area contributed by atoms with Gasteiger partial charge in [-0.2, -0.15) is 0 Å². The Morgan fingerprint density at radius 1 is 0.647 bits per heavy atom. The third-order valence-electron chi connectivity index (χ3n) is 5.37. The SMILES string of the molecule is Cc1ccc(S(=O)(=O)CC(CS(=O)(=O)c2ccc(C)cc2)C(=O)c2ccc(C(=O)Cl)cc2)cc1.